The Hall–Kier alpha value is -2.47. The molecule has 1 fully saturated rings. The zero-order valence-corrected chi connectivity index (χ0v) is 15.5. The second-order valence-corrected chi connectivity index (χ2v) is 7.52. The van der Waals surface area contributed by atoms with Crippen molar-refractivity contribution in [2.24, 2.45) is 5.92 Å². The maximum Gasteiger partial charge on any atom is 0.260 e. The number of hydrogen-bond donors (Lipinski definition) is 2. The van der Waals surface area contributed by atoms with Gasteiger partial charge in [0.1, 0.15) is 11.6 Å². The molecule has 0 radical (unpaired) electrons. The number of ether oxygens (including phenoxy) is 1. The largest absolute Gasteiger partial charge is 0.493 e. The van der Waals surface area contributed by atoms with Crippen LogP contribution in [0.4, 0.5) is 10.1 Å². The summed E-state index contributed by atoms with van der Waals surface area (Å²) in [6.07, 6.45) is 1.81. The fraction of sp³-hybridized carbons (Fsp3) is 0.250. The molecule has 2 N–H and O–H groups in total. The zero-order valence-electron chi connectivity index (χ0n) is 14.7. The van der Waals surface area contributed by atoms with Crippen molar-refractivity contribution in [3.05, 3.63) is 64.8 Å². The minimum absolute atomic E-state index is 0.177. The Morgan fingerprint density at radius 2 is 1.96 bits per heavy atom. The lowest BCUT2D eigenvalue weighted by Gasteiger charge is -2.12. The number of hydrogen-bond acceptors (Lipinski definition) is 4. The molecule has 0 aliphatic carbocycles. The molecule has 2 aromatic carbocycles. The predicted octanol–water partition coefficient (Wildman–Crippen LogP) is 4.46. The minimum atomic E-state index is -0.403. The molecule has 1 atom stereocenters. The average molecular weight is 372 g/mol. The summed E-state index contributed by atoms with van der Waals surface area (Å²) in [5, 5.41) is 5.78. The first-order valence-corrected chi connectivity index (χ1v) is 9.32. The first kappa shape index (κ1) is 18.3. The molecule has 6 heteroatoms. The first-order valence-electron chi connectivity index (χ1n) is 8.44. The summed E-state index contributed by atoms with van der Waals surface area (Å²) >= 11 is 1.33. The Labute approximate surface area is 156 Å². The van der Waals surface area contributed by atoms with Crippen LogP contribution >= 0.6 is 11.8 Å². The molecular weight excluding hydrogens is 351 g/mol. The topological polar surface area (TPSA) is 50.4 Å². The summed E-state index contributed by atoms with van der Waals surface area (Å²) in [4.78, 5) is 12.7. The number of benzene rings is 2. The van der Waals surface area contributed by atoms with E-state index in [0.717, 1.165) is 11.3 Å². The van der Waals surface area contributed by atoms with E-state index in [1.807, 2.05) is 30.3 Å². The smallest absolute Gasteiger partial charge is 0.260 e. The fourth-order valence-corrected chi connectivity index (χ4v) is 3.34. The van der Waals surface area contributed by atoms with E-state index in [1.165, 1.54) is 17.8 Å². The summed E-state index contributed by atoms with van der Waals surface area (Å²) in [5.41, 5.74) is 0.864. The van der Waals surface area contributed by atoms with Crippen molar-refractivity contribution in [2.45, 2.75) is 19.3 Å². The molecule has 3 rings (SSSR count). The van der Waals surface area contributed by atoms with Crippen LogP contribution < -0.4 is 15.4 Å². The predicted molar refractivity (Wildman–Crippen MR) is 104 cm³/mol. The number of halogens is 1. The molecule has 1 aliphatic heterocycles. The van der Waals surface area contributed by atoms with E-state index in [1.54, 1.807) is 18.2 Å². The van der Waals surface area contributed by atoms with Crippen molar-refractivity contribution in [2.75, 3.05) is 11.9 Å². The van der Waals surface area contributed by atoms with Crippen LogP contribution in [0.2, 0.25) is 0 Å². The number of rotatable bonds is 6. The molecule has 26 heavy (non-hydrogen) atoms. The number of amides is 1. The molecule has 1 aliphatic rings. The Morgan fingerprint density at radius 3 is 2.65 bits per heavy atom. The average Bonchev–Trinajstić information content (AvgIpc) is 2.95. The lowest BCUT2D eigenvalue weighted by molar-refractivity contribution is -0.116. The van der Waals surface area contributed by atoms with Gasteiger partial charge in [-0.25, -0.2) is 4.39 Å². The quantitative estimate of drug-likeness (QED) is 0.735. The Bertz CT molecular complexity index is 806. The summed E-state index contributed by atoms with van der Waals surface area (Å²) < 4.78 is 19.4. The molecule has 4 nitrogen and oxygen atoms in total. The van der Waals surface area contributed by atoms with Gasteiger partial charge in [0.15, 0.2) is 5.50 Å². The van der Waals surface area contributed by atoms with Crippen LogP contribution in [0.25, 0.3) is 6.08 Å². The molecule has 0 aromatic heterocycles. The number of anilines is 1. The number of nitrogens with one attached hydrogen (secondary N) is 2. The van der Waals surface area contributed by atoms with Gasteiger partial charge in [0, 0.05) is 0 Å². The lowest BCUT2D eigenvalue weighted by Crippen LogP contribution is -2.31. The van der Waals surface area contributed by atoms with Crippen LogP contribution in [-0.4, -0.2) is 18.0 Å². The van der Waals surface area contributed by atoms with Gasteiger partial charge in [0.05, 0.1) is 17.2 Å². The molecule has 1 unspecified atom stereocenters. The third-order valence-electron chi connectivity index (χ3n) is 3.65. The van der Waals surface area contributed by atoms with Crippen molar-refractivity contribution in [1.29, 1.82) is 0 Å². The van der Waals surface area contributed by atoms with Gasteiger partial charge in [-0.1, -0.05) is 49.9 Å². The van der Waals surface area contributed by atoms with Gasteiger partial charge in [0.25, 0.3) is 5.91 Å². The second-order valence-electron chi connectivity index (χ2n) is 6.38. The Morgan fingerprint density at radius 1 is 1.23 bits per heavy atom. The van der Waals surface area contributed by atoms with Crippen LogP contribution in [0.5, 0.6) is 5.75 Å². The standard InChI is InChI=1S/C20H21FN2O2S/c1-13(2)12-25-15-9-7-14(8-10-15)11-18-19(24)23-20(26-18)22-17-6-4-3-5-16(17)21/h3-11,13,20,22H,12H2,1-2H3,(H,23,24)/b18-11-. The van der Waals surface area contributed by atoms with Gasteiger partial charge in [-0.2, -0.15) is 0 Å². The third-order valence-corrected chi connectivity index (χ3v) is 4.68. The Balaban J connectivity index is 1.64. The van der Waals surface area contributed by atoms with Gasteiger partial charge in [0.2, 0.25) is 0 Å². The minimum Gasteiger partial charge on any atom is -0.493 e. The molecule has 0 saturated carbocycles. The highest BCUT2D eigenvalue weighted by molar-refractivity contribution is 8.05. The number of para-hydroxylation sites is 1. The van der Waals surface area contributed by atoms with E-state index in [-0.39, 0.29) is 11.7 Å². The molecular formula is C20H21FN2O2S. The third kappa shape index (κ3) is 4.79. The van der Waals surface area contributed by atoms with Crippen molar-refractivity contribution >= 4 is 29.4 Å². The summed E-state index contributed by atoms with van der Waals surface area (Å²) in [6.45, 7) is 4.86. The molecule has 1 amide bonds. The highest BCUT2D eigenvalue weighted by Gasteiger charge is 2.27. The lowest BCUT2D eigenvalue weighted by atomic mass is 10.2. The number of thioether (sulfide) groups is 1. The van der Waals surface area contributed by atoms with Crippen molar-refractivity contribution in [3.63, 3.8) is 0 Å². The fourth-order valence-electron chi connectivity index (χ4n) is 2.36. The van der Waals surface area contributed by atoms with Gasteiger partial charge < -0.3 is 15.4 Å². The van der Waals surface area contributed by atoms with E-state index in [2.05, 4.69) is 24.5 Å². The van der Waals surface area contributed by atoms with Gasteiger partial charge >= 0.3 is 0 Å². The monoisotopic (exact) mass is 372 g/mol. The van der Waals surface area contributed by atoms with Crippen LogP contribution in [-0.2, 0) is 4.79 Å². The van der Waals surface area contributed by atoms with Gasteiger partial charge in [-0.05, 0) is 41.8 Å². The summed E-state index contributed by atoms with van der Waals surface area (Å²) in [5.74, 6) is 0.749. The van der Waals surface area contributed by atoms with E-state index in [9.17, 15) is 9.18 Å². The zero-order chi connectivity index (χ0) is 18.5. The van der Waals surface area contributed by atoms with Crippen LogP contribution in [0.15, 0.2) is 53.4 Å². The molecule has 2 aromatic rings. The second kappa shape index (κ2) is 8.27. The summed E-state index contributed by atoms with van der Waals surface area (Å²) in [7, 11) is 0. The van der Waals surface area contributed by atoms with E-state index in [4.69, 9.17) is 4.74 Å². The maximum atomic E-state index is 13.7. The highest BCUT2D eigenvalue weighted by atomic mass is 32.2. The molecule has 1 heterocycles. The van der Waals surface area contributed by atoms with Crippen molar-refractivity contribution in [3.8, 4) is 5.75 Å². The van der Waals surface area contributed by atoms with Crippen molar-refractivity contribution < 1.29 is 13.9 Å². The Kier molecular flexibility index (Phi) is 5.83. The molecule has 0 spiro atoms. The van der Waals surface area contributed by atoms with Gasteiger partial charge in [-0.3, -0.25) is 4.79 Å². The van der Waals surface area contributed by atoms with Crippen molar-refractivity contribution in [1.82, 2.24) is 5.32 Å². The van der Waals surface area contributed by atoms with Crippen LogP contribution in [0.3, 0.4) is 0 Å². The van der Waals surface area contributed by atoms with E-state index in [0.29, 0.717) is 23.1 Å². The van der Waals surface area contributed by atoms with Crippen LogP contribution in [0.1, 0.15) is 19.4 Å². The first-order chi connectivity index (χ1) is 12.5. The molecule has 0 bridgehead atoms. The summed E-state index contributed by atoms with van der Waals surface area (Å²) in [6, 6.07) is 14.0. The SMILES string of the molecule is CC(C)COc1ccc(/C=C2\SC(Nc3ccccc3F)NC2=O)cc1. The van der Waals surface area contributed by atoms with E-state index < -0.39 is 5.50 Å². The molecule has 1 saturated heterocycles. The molecule has 136 valence electrons. The highest BCUT2D eigenvalue weighted by Crippen LogP contribution is 2.31. The van der Waals surface area contributed by atoms with E-state index >= 15 is 0 Å². The van der Waals surface area contributed by atoms with Crippen LogP contribution in [0, 0.1) is 11.7 Å². The maximum absolute atomic E-state index is 13.7. The normalized spacial score (nSPS) is 18.2. The number of carbonyl (C=O) groups is 1. The van der Waals surface area contributed by atoms with Gasteiger partial charge in [-0.15, -0.1) is 0 Å². The number of carbonyl (C=O) groups excluding carboxylic acids is 1.